The fourth-order valence-electron chi connectivity index (χ4n) is 2.61. The number of amides is 1. The van der Waals surface area contributed by atoms with Crippen molar-refractivity contribution in [3.63, 3.8) is 0 Å². The third-order valence-corrected chi connectivity index (χ3v) is 3.92. The first kappa shape index (κ1) is 17.5. The van der Waals surface area contributed by atoms with E-state index in [9.17, 15) is 14.0 Å². The smallest absolute Gasteiger partial charge is 0.274 e. The maximum absolute atomic E-state index is 13.3. The Morgan fingerprint density at radius 2 is 1.77 bits per heavy atom. The summed E-state index contributed by atoms with van der Waals surface area (Å²) in [4.78, 5) is 26.2. The van der Waals surface area contributed by atoms with Gasteiger partial charge in [0.05, 0.1) is 6.54 Å². The number of carbonyl (C=O) groups is 1. The van der Waals surface area contributed by atoms with E-state index in [1.165, 1.54) is 33.8 Å². The van der Waals surface area contributed by atoms with Crippen LogP contribution in [0, 0.1) is 5.82 Å². The van der Waals surface area contributed by atoms with Crippen molar-refractivity contribution in [3.05, 3.63) is 99.7 Å². The molecule has 0 aliphatic heterocycles. The predicted octanol–water partition coefficient (Wildman–Crippen LogP) is 2.70. The van der Waals surface area contributed by atoms with E-state index in [-0.39, 0.29) is 29.5 Å². The second-order valence-corrected chi connectivity index (χ2v) is 5.99. The summed E-state index contributed by atoms with van der Waals surface area (Å²) in [5.41, 5.74) is 1.41. The highest BCUT2D eigenvalue weighted by Crippen LogP contribution is 2.07. The first-order valence-electron chi connectivity index (χ1n) is 8.15. The number of benzene rings is 2. The van der Waals surface area contributed by atoms with Crippen molar-refractivity contribution in [1.82, 2.24) is 14.7 Å². The van der Waals surface area contributed by atoms with E-state index in [0.29, 0.717) is 12.1 Å². The van der Waals surface area contributed by atoms with E-state index in [0.717, 1.165) is 5.56 Å². The van der Waals surface area contributed by atoms with Gasteiger partial charge in [-0.25, -0.2) is 9.07 Å². The molecule has 6 heteroatoms. The molecular weight excluding hydrogens is 333 g/mol. The summed E-state index contributed by atoms with van der Waals surface area (Å²) >= 11 is 0. The molecule has 0 saturated carbocycles. The highest BCUT2D eigenvalue weighted by Gasteiger charge is 2.15. The Morgan fingerprint density at radius 1 is 1.04 bits per heavy atom. The molecule has 1 heterocycles. The number of aromatic nitrogens is 2. The maximum atomic E-state index is 13.3. The van der Waals surface area contributed by atoms with Crippen LogP contribution in [0.15, 0.2) is 71.5 Å². The summed E-state index contributed by atoms with van der Waals surface area (Å²) in [6.07, 6.45) is 0. The van der Waals surface area contributed by atoms with Gasteiger partial charge in [-0.2, -0.15) is 5.10 Å². The van der Waals surface area contributed by atoms with Crippen molar-refractivity contribution in [3.8, 4) is 0 Å². The lowest BCUT2D eigenvalue weighted by Gasteiger charge is -2.17. The molecule has 0 N–H and O–H groups in total. The number of hydrogen-bond acceptors (Lipinski definition) is 3. The maximum Gasteiger partial charge on any atom is 0.274 e. The number of hydrogen-bond donors (Lipinski definition) is 0. The van der Waals surface area contributed by atoms with E-state index in [1.54, 1.807) is 19.2 Å². The van der Waals surface area contributed by atoms with Gasteiger partial charge in [-0.15, -0.1) is 0 Å². The third kappa shape index (κ3) is 4.22. The van der Waals surface area contributed by atoms with Gasteiger partial charge in [0.1, 0.15) is 11.5 Å². The summed E-state index contributed by atoms with van der Waals surface area (Å²) in [5, 5.41) is 4.15. The molecule has 0 unspecified atom stereocenters. The van der Waals surface area contributed by atoms with Gasteiger partial charge >= 0.3 is 0 Å². The molecule has 0 atom stereocenters. The lowest BCUT2D eigenvalue weighted by atomic mass is 10.2. The van der Waals surface area contributed by atoms with Crippen LogP contribution in [-0.4, -0.2) is 27.6 Å². The Labute approximate surface area is 150 Å². The Hall–Kier alpha value is -3.28. The summed E-state index contributed by atoms with van der Waals surface area (Å²) in [6, 6.07) is 18.2. The topological polar surface area (TPSA) is 55.2 Å². The van der Waals surface area contributed by atoms with Crippen molar-refractivity contribution in [1.29, 1.82) is 0 Å². The second kappa shape index (κ2) is 7.74. The molecule has 132 valence electrons. The molecule has 0 spiro atoms. The Bertz CT molecular complexity index is 970. The summed E-state index contributed by atoms with van der Waals surface area (Å²) in [5.74, 6) is -0.674. The zero-order valence-electron chi connectivity index (χ0n) is 14.3. The zero-order chi connectivity index (χ0) is 18.5. The van der Waals surface area contributed by atoms with Crippen LogP contribution in [0.25, 0.3) is 0 Å². The average Bonchev–Trinajstić information content (AvgIpc) is 2.64. The van der Waals surface area contributed by atoms with Crippen LogP contribution in [-0.2, 0) is 13.1 Å². The number of rotatable bonds is 5. The molecule has 0 bridgehead atoms. The first-order chi connectivity index (χ1) is 12.5. The fourth-order valence-corrected chi connectivity index (χ4v) is 2.61. The van der Waals surface area contributed by atoms with E-state index in [4.69, 9.17) is 0 Å². The quantitative estimate of drug-likeness (QED) is 0.710. The largest absolute Gasteiger partial charge is 0.336 e. The normalized spacial score (nSPS) is 10.5. The summed E-state index contributed by atoms with van der Waals surface area (Å²) in [7, 11) is 1.68. The molecule has 3 rings (SSSR count). The highest BCUT2D eigenvalue weighted by atomic mass is 19.1. The molecule has 26 heavy (non-hydrogen) atoms. The molecule has 0 aliphatic rings. The van der Waals surface area contributed by atoms with Gasteiger partial charge in [-0.1, -0.05) is 42.5 Å². The van der Waals surface area contributed by atoms with Gasteiger partial charge in [-0.05, 0) is 29.3 Å². The van der Waals surface area contributed by atoms with Crippen LogP contribution in [0.3, 0.4) is 0 Å². The summed E-state index contributed by atoms with van der Waals surface area (Å²) in [6.45, 7) is 0.532. The van der Waals surface area contributed by atoms with Gasteiger partial charge < -0.3 is 4.90 Å². The molecule has 0 fully saturated rings. The van der Waals surface area contributed by atoms with Crippen LogP contribution >= 0.6 is 0 Å². The lowest BCUT2D eigenvalue weighted by Crippen LogP contribution is -2.31. The Morgan fingerprint density at radius 3 is 2.50 bits per heavy atom. The molecule has 2 aromatic carbocycles. The molecule has 3 aromatic rings. The van der Waals surface area contributed by atoms with Crippen molar-refractivity contribution >= 4 is 5.91 Å². The Kier molecular flexibility index (Phi) is 5.22. The molecule has 0 aliphatic carbocycles. The second-order valence-electron chi connectivity index (χ2n) is 5.99. The molecule has 1 amide bonds. The van der Waals surface area contributed by atoms with E-state index in [1.807, 2.05) is 30.3 Å². The van der Waals surface area contributed by atoms with Gasteiger partial charge in [0.2, 0.25) is 0 Å². The van der Waals surface area contributed by atoms with Crippen LogP contribution in [0.5, 0.6) is 0 Å². The minimum atomic E-state index is -0.384. The van der Waals surface area contributed by atoms with E-state index >= 15 is 0 Å². The zero-order valence-corrected chi connectivity index (χ0v) is 14.3. The monoisotopic (exact) mass is 351 g/mol. The van der Waals surface area contributed by atoms with E-state index < -0.39 is 0 Å². The van der Waals surface area contributed by atoms with E-state index in [2.05, 4.69) is 5.10 Å². The van der Waals surface area contributed by atoms with Crippen molar-refractivity contribution in [2.45, 2.75) is 13.1 Å². The van der Waals surface area contributed by atoms with Crippen LogP contribution in [0.2, 0.25) is 0 Å². The van der Waals surface area contributed by atoms with Crippen molar-refractivity contribution in [2.24, 2.45) is 0 Å². The fraction of sp³-hybridized carbons (Fsp3) is 0.150. The summed E-state index contributed by atoms with van der Waals surface area (Å²) < 4.78 is 14.5. The Balaban J connectivity index is 1.80. The van der Waals surface area contributed by atoms with Crippen molar-refractivity contribution < 1.29 is 9.18 Å². The molecule has 1 aromatic heterocycles. The minimum absolute atomic E-state index is 0.0973. The highest BCUT2D eigenvalue weighted by molar-refractivity contribution is 5.91. The van der Waals surface area contributed by atoms with Gasteiger partial charge in [-0.3, -0.25) is 9.59 Å². The molecule has 0 radical (unpaired) electrons. The standard InChI is InChI=1S/C20H18FN3O2/c1-23(13-15-6-3-2-4-7-15)20(26)18-10-11-19(25)24(22-18)14-16-8-5-9-17(21)12-16/h2-12H,13-14H2,1H3. The minimum Gasteiger partial charge on any atom is -0.336 e. The number of nitrogens with zero attached hydrogens (tertiary/aromatic N) is 3. The molecular formula is C20H18FN3O2. The van der Waals surface area contributed by atoms with Crippen LogP contribution in [0.1, 0.15) is 21.6 Å². The number of carbonyl (C=O) groups excluding carboxylic acids is 1. The predicted molar refractivity (Wildman–Crippen MR) is 96.2 cm³/mol. The first-order valence-corrected chi connectivity index (χ1v) is 8.15. The SMILES string of the molecule is CN(Cc1ccccc1)C(=O)c1ccc(=O)n(Cc2cccc(F)c2)n1. The van der Waals surface area contributed by atoms with Gasteiger partial charge in [0.15, 0.2) is 0 Å². The average molecular weight is 351 g/mol. The molecule has 5 nitrogen and oxygen atoms in total. The lowest BCUT2D eigenvalue weighted by molar-refractivity contribution is 0.0776. The molecule has 0 saturated heterocycles. The van der Waals surface area contributed by atoms with Crippen molar-refractivity contribution in [2.75, 3.05) is 7.05 Å². The third-order valence-electron chi connectivity index (χ3n) is 3.92. The van der Waals surface area contributed by atoms with Crippen LogP contribution < -0.4 is 5.56 Å². The van der Waals surface area contributed by atoms with Crippen LogP contribution in [0.4, 0.5) is 4.39 Å². The van der Waals surface area contributed by atoms with Gasteiger partial charge in [0, 0.05) is 19.7 Å². The van der Waals surface area contributed by atoms with Gasteiger partial charge in [0.25, 0.3) is 11.5 Å². The number of halogens is 1.